The summed E-state index contributed by atoms with van der Waals surface area (Å²) in [7, 11) is 0. The van der Waals surface area contributed by atoms with Gasteiger partial charge in [0, 0.05) is 53.0 Å². The van der Waals surface area contributed by atoms with E-state index in [1.165, 1.54) is 30.5 Å². The number of halogens is 1. The number of hydrogen-bond donors (Lipinski definition) is 2. The lowest BCUT2D eigenvalue weighted by molar-refractivity contribution is 0.190. The molecule has 3 N–H and O–H groups in total. The van der Waals surface area contributed by atoms with E-state index in [0.717, 1.165) is 41.5 Å². The van der Waals surface area contributed by atoms with Gasteiger partial charge in [-0.2, -0.15) is 0 Å². The Balaban J connectivity index is 1.61. The molecule has 0 saturated carbocycles. The predicted octanol–water partition coefficient (Wildman–Crippen LogP) is 4.84. The number of H-pyrrole nitrogens is 1. The molecule has 0 radical (unpaired) electrons. The van der Waals surface area contributed by atoms with Gasteiger partial charge >= 0.3 is 6.03 Å². The van der Waals surface area contributed by atoms with Gasteiger partial charge in [-0.1, -0.05) is 17.7 Å². The smallest absolute Gasteiger partial charge is 0.315 e. The van der Waals surface area contributed by atoms with E-state index in [1.54, 1.807) is 4.90 Å². The second-order valence-electron chi connectivity index (χ2n) is 8.05. The maximum atomic E-state index is 12.3. The number of carbonyl (C=O) groups is 1. The molecular formula is C23H25ClN4O. The molecule has 1 aromatic heterocycles. The molecule has 2 aromatic carbocycles. The van der Waals surface area contributed by atoms with Crippen molar-refractivity contribution in [1.29, 1.82) is 0 Å². The lowest BCUT2D eigenvalue weighted by atomic mass is 9.87. The molecule has 0 aliphatic carbocycles. The van der Waals surface area contributed by atoms with Crippen LogP contribution in [0.15, 0.2) is 42.6 Å². The van der Waals surface area contributed by atoms with Crippen molar-refractivity contribution >= 4 is 34.2 Å². The topological polar surface area (TPSA) is 65.4 Å². The van der Waals surface area contributed by atoms with Gasteiger partial charge in [0.25, 0.3) is 0 Å². The number of aromatic nitrogens is 1. The molecule has 1 unspecified atom stereocenters. The van der Waals surface area contributed by atoms with Gasteiger partial charge in [-0.3, -0.25) is 0 Å². The fourth-order valence-corrected chi connectivity index (χ4v) is 5.05. The van der Waals surface area contributed by atoms with E-state index in [9.17, 15) is 4.79 Å². The monoisotopic (exact) mass is 408 g/mol. The Morgan fingerprint density at radius 1 is 1.03 bits per heavy atom. The van der Waals surface area contributed by atoms with Crippen molar-refractivity contribution < 1.29 is 4.79 Å². The first-order valence-electron chi connectivity index (χ1n) is 10.3. The second-order valence-corrected chi connectivity index (χ2v) is 8.49. The molecule has 1 atom stereocenters. The second kappa shape index (κ2) is 7.30. The number of fused-ring (bicyclic) bond motifs is 2. The largest absolute Gasteiger partial charge is 0.372 e. The van der Waals surface area contributed by atoms with Crippen LogP contribution in [-0.4, -0.2) is 35.5 Å². The van der Waals surface area contributed by atoms with E-state index < -0.39 is 6.03 Å². The van der Waals surface area contributed by atoms with Crippen LogP contribution in [0.5, 0.6) is 0 Å². The van der Waals surface area contributed by atoms with Crippen molar-refractivity contribution in [3.05, 3.63) is 64.3 Å². The highest BCUT2D eigenvalue weighted by atomic mass is 35.5. The number of aromatic amines is 1. The Bertz CT molecular complexity index is 1070. The van der Waals surface area contributed by atoms with Crippen molar-refractivity contribution in [1.82, 2.24) is 9.88 Å². The maximum absolute atomic E-state index is 12.3. The SMILES string of the molecule is NC(=O)N1CCc2cc(N3CCCCC3)ccc2C1c1c[nH]c2ccc(Cl)cc12. The Morgan fingerprint density at radius 3 is 2.66 bits per heavy atom. The predicted molar refractivity (Wildman–Crippen MR) is 118 cm³/mol. The Labute approximate surface area is 175 Å². The molecular weight excluding hydrogens is 384 g/mol. The first kappa shape index (κ1) is 18.4. The van der Waals surface area contributed by atoms with Gasteiger partial charge in [-0.15, -0.1) is 0 Å². The van der Waals surface area contributed by atoms with Crippen LogP contribution in [0.25, 0.3) is 10.9 Å². The molecule has 1 fully saturated rings. The number of urea groups is 1. The van der Waals surface area contributed by atoms with Gasteiger partial charge in [0.05, 0.1) is 6.04 Å². The zero-order valence-electron chi connectivity index (χ0n) is 16.3. The lowest BCUT2D eigenvalue weighted by Gasteiger charge is -2.37. The normalized spacial score (nSPS) is 19.4. The van der Waals surface area contributed by atoms with Gasteiger partial charge in [-0.25, -0.2) is 4.79 Å². The molecule has 2 aliphatic rings. The number of primary amides is 1. The third-order valence-electron chi connectivity index (χ3n) is 6.33. The molecule has 2 amide bonds. The summed E-state index contributed by atoms with van der Waals surface area (Å²) in [4.78, 5) is 19.9. The summed E-state index contributed by atoms with van der Waals surface area (Å²) < 4.78 is 0. The molecule has 5 nitrogen and oxygen atoms in total. The maximum Gasteiger partial charge on any atom is 0.315 e. The van der Waals surface area contributed by atoms with Crippen molar-refractivity contribution in [3.8, 4) is 0 Å². The average molecular weight is 409 g/mol. The molecule has 0 bridgehead atoms. The first-order chi connectivity index (χ1) is 14.1. The van der Waals surface area contributed by atoms with Crippen molar-refractivity contribution in [2.24, 2.45) is 5.73 Å². The number of benzene rings is 2. The molecule has 150 valence electrons. The highest BCUT2D eigenvalue weighted by Gasteiger charge is 2.33. The van der Waals surface area contributed by atoms with Gasteiger partial charge in [0.1, 0.15) is 0 Å². The molecule has 3 heterocycles. The summed E-state index contributed by atoms with van der Waals surface area (Å²) in [5, 5.41) is 1.71. The summed E-state index contributed by atoms with van der Waals surface area (Å²) in [6, 6.07) is 11.9. The minimum absolute atomic E-state index is 0.209. The van der Waals surface area contributed by atoms with Crippen LogP contribution in [-0.2, 0) is 6.42 Å². The Morgan fingerprint density at radius 2 is 1.86 bits per heavy atom. The summed E-state index contributed by atoms with van der Waals surface area (Å²) in [5.41, 5.74) is 11.6. The molecule has 6 heteroatoms. The molecule has 3 aromatic rings. The third-order valence-corrected chi connectivity index (χ3v) is 6.56. The van der Waals surface area contributed by atoms with E-state index in [1.807, 2.05) is 24.4 Å². The van der Waals surface area contributed by atoms with Gasteiger partial charge < -0.3 is 20.5 Å². The summed E-state index contributed by atoms with van der Waals surface area (Å²) in [6.07, 6.45) is 6.63. The standard InChI is InChI=1S/C23H25ClN4O/c24-16-4-7-21-19(13-16)20(14-26-21)22-18-6-5-17(27-9-2-1-3-10-27)12-15(18)8-11-28(22)23(25)29/h4-7,12-14,22,26H,1-3,8-11H2,(H2,25,29). The number of amides is 2. The number of anilines is 1. The van der Waals surface area contributed by atoms with Crippen LogP contribution in [0.2, 0.25) is 5.02 Å². The average Bonchev–Trinajstić information content (AvgIpc) is 3.15. The molecule has 29 heavy (non-hydrogen) atoms. The highest BCUT2D eigenvalue weighted by molar-refractivity contribution is 6.31. The molecule has 1 saturated heterocycles. The van der Waals surface area contributed by atoms with Crippen molar-refractivity contribution in [3.63, 3.8) is 0 Å². The fourth-order valence-electron chi connectivity index (χ4n) is 4.88. The van der Waals surface area contributed by atoms with E-state index >= 15 is 0 Å². The molecule has 0 spiro atoms. The zero-order chi connectivity index (χ0) is 20.0. The molecule has 2 aliphatic heterocycles. The Hall–Kier alpha value is -2.66. The lowest BCUT2D eigenvalue weighted by Crippen LogP contribution is -2.43. The van der Waals surface area contributed by atoms with Gasteiger partial charge in [0.2, 0.25) is 0 Å². The van der Waals surface area contributed by atoms with E-state index in [0.29, 0.717) is 11.6 Å². The number of hydrogen-bond acceptors (Lipinski definition) is 2. The number of nitrogens with two attached hydrogens (primary N) is 1. The highest BCUT2D eigenvalue weighted by Crippen LogP contribution is 2.40. The minimum atomic E-state index is -0.392. The molecule has 5 rings (SSSR count). The zero-order valence-corrected chi connectivity index (χ0v) is 17.1. The third kappa shape index (κ3) is 3.23. The van der Waals surface area contributed by atoms with Gasteiger partial charge in [0.15, 0.2) is 0 Å². The van der Waals surface area contributed by atoms with Crippen LogP contribution < -0.4 is 10.6 Å². The quantitative estimate of drug-likeness (QED) is 0.637. The van der Waals surface area contributed by atoms with E-state index in [-0.39, 0.29) is 6.04 Å². The Kier molecular flexibility index (Phi) is 4.63. The van der Waals surface area contributed by atoms with Crippen molar-refractivity contribution in [2.75, 3.05) is 24.5 Å². The van der Waals surface area contributed by atoms with Crippen LogP contribution in [0.1, 0.15) is 42.0 Å². The van der Waals surface area contributed by atoms with Crippen molar-refractivity contribution in [2.45, 2.75) is 31.7 Å². The number of carbonyl (C=O) groups excluding carboxylic acids is 1. The van der Waals surface area contributed by atoms with Crippen LogP contribution in [0.3, 0.4) is 0 Å². The minimum Gasteiger partial charge on any atom is -0.372 e. The van der Waals surface area contributed by atoms with Crippen LogP contribution in [0.4, 0.5) is 10.5 Å². The summed E-state index contributed by atoms with van der Waals surface area (Å²) in [6.45, 7) is 2.86. The van der Waals surface area contributed by atoms with E-state index in [4.69, 9.17) is 17.3 Å². The first-order valence-corrected chi connectivity index (χ1v) is 10.7. The summed E-state index contributed by atoms with van der Waals surface area (Å²) in [5.74, 6) is 0. The number of rotatable bonds is 2. The number of piperidine rings is 1. The summed E-state index contributed by atoms with van der Waals surface area (Å²) >= 11 is 6.27. The fraction of sp³-hybridized carbons (Fsp3) is 0.348. The number of nitrogens with one attached hydrogen (secondary N) is 1. The van der Waals surface area contributed by atoms with Crippen LogP contribution in [0, 0.1) is 0 Å². The number of nitrogens with zero attached hydrogens (tertiary/aromatic N) is 2. The van der Waals surface area contributed by atoms with Gasteiger partial charge in [-0.05, 0) is 67.1 Å². The van der Waals surface area contributed by atoms with E-state index in [2.05, 4.69) is 28.1 Å². The van der Waals surface area contributed by atoms with Crippen LogP contribution >= 0.6 is 11.6 Å².